The Balaban J connectivity index is 0.00000180. The van der Waals surface area contributed by atoms with Crippen molar-refractivity contribution in [3.05, 3.63) is 29.3 Å². The molecule has 1 aliphatic heterocycles. The second-order valence-electron chi connectivity index (χ2n) is 5.44. The maximum Gasteiger partial charge on any atom is 0.253 e. The van der Waals surface area contributed by atoms with Crippen molar-refractivity contribution in [2.45, 2.75) is 26.7 Å². The summed E-state index contributed by atoms with van der Waals surface area (Å²) in [6.07, 6.45) is 2.10. The van der Waals surface area contributed by atoms with Gasteiger partial charge in [-0.1, -0.05) is 19.9 Å². The highest BCUT2D eigenvalue weighted by Crippen LogP contribution is 2.26. The second kappa shape index (κ2) is 6.80. The second-order valence-corrected chi connectivity index (χ2v) is 5.44. The Morgan fingerprint density at radius 2 is 2.16 bits per heavy atom. The number of nitrogens with one attached hydrogen (secondary N) is 1. The molecule has 1 aliphatic rings. The first-order chi connectivity index (χ1) is 8.59. The molecule has 19 heavy (non-hydrogen) atoms. The van der Waals surface area contributed by atoms with E-state index < -0.39 is 0 Å². The number of carbonyl (C=O) groups excluding carboxylic acids is 1. The zero-order valence-electron chi connectivity index (χ0n) is 11.9. The first kappa shape index (κ1) is 15.8. The first-order valence-electron chi connectivity index (χ1n) is 6.71. The highest BCUT2D eigenvalue weighted by atomic mass is 35.5. The number of amides is 1. The van der Waals surface area contributed by atoms with Gasteiger partial charge in [0.1, 0.15) is 0 Å². The van der Waals surface area contributed by atoms with Crippen molar-refractivity contribution < 1.29 is 4.79 Å². The van der Waals surface area contributed by atoms with Crippen LogP contribution in [0.4, 0.5) is 5.69 Å². The van der Waals surface area contributed by atoms with Gasteiger partial charge in [-0.2, -0.15) is 0 Å². The molecule has 0 aliphatic carbocycles. The molecule has 0 radical (unpaired) electrons. The molecule has 1 aromatic carbocycles. The Kier molecular flexibility index (Phi) is 5.67. The van der Waals surface area contributed by atoms with Crippen LogP contribution in [0.5, 0.6) is 0 Å². The summed E-state index contributed by atoms with van der Waals surface area (Å²) in [5, 5.41) is 3.37. The third-order valence-electron chi connectivity index (χ3n) is 3.31. The minimum absolute atomic E-state index is 0. The summed E-state index contributed by atoms with van der Waals surface area (Å²) < 4.78 is 0. The lowest BCUT2D eigenvalue weighted by Crippen LogP contribution is -2.31. The van der Waals surface area contributed by atoms with Gasteiger partial charge >= 0.3 is 0 Å². The van der Waals surface area contributed by atoms with E-state index >= 15 is 0 Å². The number of fused-ring (bicyclic) bond motifs is 1. The van der Waals surface area contributed by atoms with Gasteiger partial charge in [-0.3, -0.25) is 4.79 Å². The van der Waals surface area contributed by atoms with E-state index in [2.05, 4.69) is 25.2 Å². The predicted molar refractivity (Wildman–Crippen MR) is 82.3 cm³/mol. The van der Waals surface area contributed by atoms with Crippen LogP contribution in [0.2, 0.25) is 0 Å². The summed E-state index contributed by atoms with van der Waals surface area (Å²) in [6, 6.07) is 5.98. The van der Waals surface area contributed by atoms with Gasteiger partial charge in [-0.15, -0.1) is 12.4 Å². The summed E-state index contributed by atoms with van der Waals surface area (Å²) in [6.45, 7) is 6.07. The largest absolute Gasteiger partial charge is 0.385 e. The Labute approximate surface area is 121 Å². The van der Waals surface area contributed by atoms with Crippen molar-refractivity contribution in [3.8, 4) is 0 Å². The molecule has 0 atom stereocenters. The summed E-state index contributed by atoms with van der Waals surface area (Å²) >= 11 is 0. The van der Waals surface area contributed by atoms with Crippen molar-refractivity contribution in [3.63, 3.8) is 0 Å². The van der Waals surface area contributed by atoms with Crippen molar-refractivity contribution in [2.24, 2.45) is 5.92 Å². The van der Waals surface area contributed by atoms with Crippen molar-refractivity contribution in [1.29, 1.82) is 0 Å². The van der Waals surface area contributed by atoms with Gasteiger partial charge in [-0.05, 0) is 36.5 Å². The van der Waals surface area contributed by atoms with E-state index in [-0.39, 0.29) is 18.3 Å². The van der Waals surface area contributed by atoms with Crippen LogP contribution in [-0.2, 0) is 6.42 Å². The average molecular weight is 283 g/mol. The fourth-order valence-corrected chi connectivity index (χ4v) is 2.55. The number of rotatable bonds is 3. The molecular formula is C15H23ClN2O. The maximum atomic E-state index is 12.5. The van der Waals surface area contributed by atoms with E-state index in [4.69, 9.17) is 0 Å². The van der Waals surface area contributed by atoms with Crippen molar-refractivity contribution in [1.82, 2.24) is 4.90 Å². The topological polar surface area (TPSA) is 32.3 Å². The SMILES string of the molecule is CC(C)CN(C)C(=O)c1cccc2c1CCCN2.Cl. The number of anilines is 1. The van der Waals surface area contributed by atoms with Gasteiger partial charge in [-0.25, -0.2) is 0 Å². The third-order valence-corrected chi connectivity index (χ3v) is 3.31. The number of hydrogen-bond donors (Lipinski definition) is 1. The number of benzene rings is 1. The molecule has 1 amide bonds. The number of carbonyl (C=O) groups is 1. The lowest BCUT2D eigenvalue weighted by Gasteiger charge is -2.24. The molecule has 0 unspecified atom stereocenters. The van der Waals surface area contributed by atoms with Gasteiger partial charge in [0.05, 0.1) is 0 Å². The van der Waals surface area contributed by atoms with E-state index in [0.29, 0.717) is 5.92 Å². The minimum Gasteiger partial charge on any atom is -0.385 e. The van der Waals surface area contributed by atoms with Crippen LogP contribution in [0.25, 0.3) is 0 Å². The quantitative estimate of drug-likeness (QED) is 0.923. The molecule has 0 fully saturated rings. The van der Waals surface area contributed by atoms with Crippen LogP contribution in [-0.4, -0.2) is 30.9 Å². The van der Waals surface area contributed by atoms with Gasteiger partial charge < -0.3 is 10.2 Å². The Morgan fingerprint density at radius 1 is 1.42 bits per heavy atom. The molecule has 106 valence electrons. The summed E-state index contributed by atoms with van der Waals surface area (Å²) in [7, 11) is 1.89. The van der Waals surface area contributed by atoms with Crippen molar-refractivity contribution in [2.75, 3.05) is 25.5 Å². The molecule has 2 rings (SSSR count). The predicted octanol–water partition coefficient (Wildman–Crippen LogP) is 3.19. The molecule has 3 nitrogen and oxygen atoms in total. The molecule has 0 aromatic heterocycles. The third kappa shape index (κ3) is 3.63. The van der Waals surface area contributed by atoms with E-state index in [1.807, 2.05) is 24.1 Å². The maximum absolute atomic E-state index is 12.5. The first-order valence-corrected chi connectivity index (χ1v) is 6.71. The fourth-order valence-electron chi connectivity index (χ4n) is 2.55. The average Bonchev–Trinajstić information content (AvgIpc) is 2.36. The highest BCUT2D eigenvalue weighted by molar-refractivity contribution is 5.97. The normalized spacial score (nSPS) is 13.3. The fraction of sp³-hybridized carbons (Fsp3) is 0.533. The zero-order chi connectivity index (χ0) is 13.1. The van der Waals surface area contributed by atoms with E-state index in [0.717, 1.165) is 37.2 Å². The molecule has 0 saturated heterocycles. The Morgan fingerprint density at radius 3 is 2.84 bits per heavy atom. The molecule has 4 heteroatoms. The lowest BCUT2D eigenvalue weighted by atomic mass is 9.96. The van der Waals surface area contributed by atoms with E-state index in [9.17, 15) is 4.79 Å². The lowest BCUT2D eigenvalue weighted by molar-refractivity contribution is 0.0778. The van der Waals surface area contributed by atoms with E-state index in [1.165, 1.54) is 5.56 Å². The summed E-state index contributed by atoms with van der Waals surface area (Å²) in [5.74, 6) is 0.640. The number of nitrogens with zero attached hydrogens (tertiary/aromatic N) is 1. The van der Waals surface area contributed by atoms with E-state index in [1.54, 1.807) is 0 Å². The molecule has 1 heterocycles. The van der Waals surface area contributed by atoms with Gasteiger partial charge in [0.15, 0.2) is 0 Å². The van der Waals surface area contributed by atoms with Crippen LogP contribution in [0.15, 0.2) is 18.2 Å². The van der Waals surface area contributed by atoms with Gasteiger partial charge in [0, 0.05) is 31.4 Å². The van der Waals surface area contributed by atoms with Gasteiger partial charge in [0.2, 0.25) is 0 Å². The minimum atomic E-state index is 0. The van der Waals surface area contributed by atoms with Crippen LogP contribution in [0.3, 0.4) is 0 Å². The summed E-state index contributed by atoms with van der Waals surface area (Å²) in [5.41, 5.74) is 3.18. The van der Waals surface area contributed by atoms with Gasteiger partial charge in [0.25, 0.3) is 5.91 Å². The van der Waals surface area contributed by atoms with Crippen LogP contribution < -0.4 is 5.32 Å². The smallest absolute Gasteiger partial charge is 0.253 e. The van der Waals surface area contributed by atoms with Crippen molar-refractivity contribution >= 4 is 24.0 Å². The highest BCUT2D eigenvalue weighted by Gasteiger charge is 2.20. The zero-order valence-corrected chi connectivity index (χ0v) is 12.7. The molecule has 0 spiro atoms. The number of hydrogen-bond acceptors (Lipinski definition) is 2. The van der Waals surface area contributed by atoms with Crippen LogP contribution >= 0.6 is 12.4 Å². The Bertz CT molecular complexity index is 446. The molecule has 1 aromatic rings. The molecule has 0 saturated carbocycles. The van der Waals surface area contributed by atoms with Crippen LogP contribution in [0, 0.1) is 5.92 Å². The van der Waals surface area contributed by atoms with Crippen LogP contribution in [0.1, 0.15) is 36.2 Å². The standard InChI is InChI=1S/C15H22N2O.ClH/c1-11(2)10-17(3)15(18)13-6-4-8-14-12(13)7-5-9-16-14;/h4,6,8,11,16H,5,7,9-10H2,1-3H3;1H. The number of halogens is 1. The Hall–Kier alpha value is -1.22. The molecule has 1 N–H and O–H groups in total. The summed E-state index contributed by atoms with van der Waals surface area (Å²) in [4.78, 5) is 14.3. The molecular weight excluding hydrogens is 260 g/mol. The monoisotopic (exact) mass is 282 g/mol. The molecule has 0 bridgehead atoms.